The average Bonchev–Trinajstić information content (AvgIpc) is 2.50. The van der Waals surface area contributed by atoms with Gasteiger partial charge in [0.25, 0.3) is 0 Å². The maximum Gasteiger partial charge on any atom is 0.123 e. The second kappa shape index (κ2) is 9.77. The maximum atomic E-state index is 5.49. The quantitative estimate of drug-likeness (QED) is 0.716. The second-order valence-corrected chi connectivity index (χ2v) is 5.63. The Labute approximate surface area is 130 Å². The highest BCUT2D eigenvalue weighted by molar-refractivity contribution is 5.36. The van der Waals surface area contributed by atoms with Crippen LogP contribution in [0.15, 0.2) is 24.3 Å². The maximum absolute atomic E-state index is 5.49. The number of para-hydroxylation sites is 1. The van der Waals surface area contributed by atoms with Crippen LogP contribution >= 0.6 is 0 Å². The van der Waals surface area contributed by atoms with E-state index < -0.39 is 0 Å². The first-order valence-corrected chi connectivity index (χ1v) is 7.79. The van der Waals surface area contributed by atoms with Crippen molar-refractivity contribution in [2.24, 2.45) is 0 Å². The molecule has 0 bridgehead atoms. The average molecular weight is 293 g/mol. The topological polar surface area (TPSA) is 27.7 Å². The van der Waals surface area contributed by atoms with E-state index in [-0.39, 0.29) is 0 Å². The van der Waals surface area contributed by atoms with Gasteiger partial charge in [0.15, 0.2) is 0 Å². The first-order valence-electron chi connectivity index (χ1n) is 7.79. The smallest absolute Gasteiger partial charge is 0.123 e. The third kappa shape index (κ3) is 6.04. The number of benzene rings is 1. The second-order valence-electron chi connectivity index (χ2n) is 5.63. The summed E-state index contributed by atoms with van der Waals surface area (Å²) < 4.78 is 5.49. The van der Waals surface area contributed by atoms with Crippen LogP contribution in [-0.2, 0) is 0 Å². The molecule has 0 aliphatic heterocycles. The third-order valence-corrected chi connectivity index (χ3v) is 3.83. The van der Waals surface area contributed by atoms with E-state index in [2.05, 4.69) is 48.3 Å². The van der Waals surface area contributed by atoms with Gasteiger partial charge in [0.05, 0.1) is 7.11 Å². The van der Waals surface area contributed by atoms with Gasteiger partial charge >= 0.3 is 0 Å². The van der Waals surface area contributed by atoms with Crippen molar-refractivity contribution in [2.45, 2.75) is 19.4 Å². The van der Waals surface area contributed by atoms with Gasteiger partial charge in [-0.1, -0.05) is 25.1 Å². The van der Waals surface area contributed by atoms with Crippen LogP contribution in [0, 0.1) is 0 Å². The molecule has 0 aliphatic carbocycles. The van der Waals surface area contributed by atoms with Crippen molar-refractivity contribution in [1.29, 1.82) is 0 Å². The van der Waals surface area contributed by atoms with Crippen LogP contribution in [0.4, 0.5) is 0 Å². The van der Waals surface area contributed by atoms with Crippen LogP contribution in [0.25, 0.3) is 0 Å². The van der Waals surface area contributed by atoms with Crippen molar-refractivity contribution >= 4 is 0 Å². The lowest BCUT2D eigenvalue weighted by molar-refractivity contribution is 0.241. The Morgan fingerprint density at radius 1 is 1.19 bits per heavy atom. The molecule has 0 aromatic heterocycles. The van der Waals surface area contributed by atoms with Gasteiger partial charge in [-0.05, 0) is 53.3 Å². The third-order valence-electron chi connectivity index (χ3n) is 3.83. The summed E-state index contributed by atoms with van der Waals surface area (Å²) in [5, 5.41) is 3.42. The molecule has 0 aliphatic rings. The Bertz CT molecular complexity index is 395. The monoisotopic (exact) mass is 293 g/mol. The molecule has 0 saturated carbocycles. The van der Waals surface area contributed by atoms with Crippen molar-refractivity contribution in [3.8, 4) is 5.75 Å². The molecule has 4 nitrogen and oxygen atoms in total. The summed E-state index contributed by atoms with van der Waals surface area (Å²) in [6.07, 6.45) is 1.20. The lowest BCUT2D eigenvalue weighted by Crippen LogP contribution is -2.35. The molecule has 0 saturated heterocycles. The highest BCUT2D eigenvalue weighted by atomic mass is 16.5. The SMILES string of the molecule is CCN(CCCN(C)C)CC(NC)c1ccccc1OC. The minimum absolute atomic E-state index is 0.292. The number of hydrogen-bond donors (Lipinski definition) is 1. The van der Waals surface area contributed by atoms with Crippen molar-refractivity contribution < 1.29 is 4.74 Å². The van der Waals surface area contributed by atoms with E-state index in [0.29, 0.717) is 6.04 Å². The van der Waals surface area contributed by atoms with Gasteiger partial charge in [-0.2, -0.15) is 0 Å². The number of rotatable bonds is 10. The Morgan fingerprint density at radius 2 is 1.90 bits per heavy atom. The number of likely N-dealkylation sites (N-methyl/N-ethyl adjacent to an activating group) is 2. The zero-order valence-electron chi connectivity index (χ0n) is 14.2. The molecule has 21 heavy (non-hydrogen) atoms. The number of nitrogens with one attached hydrogen (secondary N) is 1. The van der Waals surface area contributed by atoms with Crippen LogP contribution in [-0.4, -0.2) is 64.2 Å². The Kier molecular flexibility index (Phi) is 8.35. The van der Waals surface area contributed by atoms with Gasteiger partial charge in [-0.25, -0.2) is 0 Å². The predicted molar refractivity (Wildman–Crippen MR) is 90.1 cm³/mol. The Balaban J connectivity index is 2.66. The van der Waals surface area contributed by atoms with E-state index in [1.807, 2.05) is 19.2 Å². The van der Waals surface area contributed by atoms with Crippen LogP contribution in [0.5, 0.6) is 5.75 Å². The van der Waals surface area contributed by atoms with E-state index in [9.17, 15) is 0 Å². The molecular weight excluding hydrogens is 262 g/mol. The minimum atomic E-state index is 0.292. The molecule has 0 fully saturated rings. The van der Waals surface area contributed by atoms with Crippen molar-refractivity contribution in [3.05, 3.63) is 29.8 Å². The highest BCUT2D eigenvalue weighted by Gasteiger charge is 2.16. The van der Waals surface area contributed by atoms with E-state index in [1.54, 1.807) is 7.11 Å². The molecule has 0 spiro atoms. The lowest BCUT2D eigenvalue weighted by atomic mass is 10.0. The Hall–Kier alpha value is -1.10. The van der Waals surface area contributed by atoms with E-state index in [0.717, 1.165) is 31.9 Å². The minimum Gasteiger partial charge on any atom is -0.496 e. The zero-order valence-corrected chi connectivity index (χ0v) is 14.2. The fourth-order valence-corrected chi connectivity index (χ4v) is 2.55. The fourth-order valence-electron chi connectivity index (χ4n) is 2.55. The first kappa shape index (κ1) is 18.0. The number of hydrogen-bond acceptors (Lipinski definition) is 4. The van der Waals surface area contributed by atoms with Gasteiger partial charge < -0.3 is 19.9 Å². The van der Waals surface area contributed by atoms with E-state index in [4.69, 9.17) is 4.74 Å². The van der Waals surface area contributed by atoms with Crippen LogP contribution in [0.2, 0.25) is 0 Å². The largest absolute Gasteiger partial charge is 0.496 e. The lowest BCUT2D eigenvalue weighted by Gasteiger charge is -2.28. The van der Waals surface area contributed by atoms with Crippen molar-refractivity contribution in [2.75, 3.05) is 54.4 Å². The number of methoxy groups -OCH3 is 1. The molecule has 0 amide bonds. The summed E-state index contributed by atoms with van der Waals surface area (Å²) in [5.74, 6) is 0.959. The fraction of sp³-hybridized carbons (Fsp3) is 0.647. The zero-order chi connectivity index (χ0) is 15.7. The van der Waals surface area contributed by atoms with Crippen LogP contribution < -0.4 is 10.1 Å². The summed E-state index contributed by atoms with van der Waals surface area (Å²) in [6.45, 7) is 6.56. The number of nitrogens with zero attached hydrogens (tertiary/aromatic N) is 2. The van der Waals surface area contributed by atoms with Gasteiger partial charge in [-0.15, -0.1) is 0 Å². The van der Waals surface area contributed by atoms with E-state index in [1.165, 1.54) is 12.0 Å². The number of ether oxygens (including phenoxy) is 1. The summed E-state index contributed by atoms with van der Waals surface area (Å²) in [6, 6.07) is 8.56. The van der Waals surface area contributed by atoms with Crippen molar-refractivity contribution in [1.82, 2.24) is 15.1 Å². The molecule has 0 radical (unpaired) electrons. The standard InChI is InChI=1S/C17H31N3O/c1-6-20(13-9-12-19(3)4)14-16(18-2)15-10-7-8-11-17(15)21-5/h7-8,10-11,16,18H,6,9,12-14H2,1-5H3. The first-order chi connectivity index (χ1) is 10.1. The molecule has 1 rings (SSSR count). The highest BCUT2D eigenvalue weighted by Crippen LogP contribution is 2.25. The molecule has 1 aromatic carbocycles. The van der Waals surface area contributed by atoms with Crippen molar-refractivity contribution in [3.63, 3.8) is 0 Å². The summed E-state index contributed by atoms with van der Waals surface area (Å²) >= 11 is 0. The van der Waals surface area contributed by atoms with Gasteiger partial charge in [0.1, 0.15) is 5.75 Å². The molecule has 1 N–H and O–H groups in total. The van der Waals surface area contributed by atoms with Gasteiger partial charge in [0, 0.05) is 18.2 Å². The van der Waals surface area contributed by atoms with Gasteiger partial charge in [-0.3, -0.25) is 0 Å². The summed E-state index contributed by atoms with van der Waals surface area (Å²) in [4.78, 5) is 4.74. The van der Waals surface area contributed by atoms with E-state index >= 15 is 0 Å². The Morgan fingerprint density at radius 3 is 2.48 bits per heavy atom. The summed E-state index contributed by atoms with van der Waals surface area (Å²) in [5.41, 5.74) is 1.23. The molecule has 1 unspecified atom stereocenters. The van der Waals surface area contributed by atoms with Gasteiger partial charge in [0.2, 0.25) is 0 Å². The normalized spacial score (nSPS) is 12.9. The predicted octanol–water partition coefficient (Wildman–Crippen LogP) is 2.23. The van der Waals surface area contributed by atoms with Crippen LogP contribution in [0.1, 0.15) is 24.9 Å². The van der Waals surface area contributed by atoms with Crippen LogP contribution in [0.3, 0.4) is 0 Å². The molecule has 1 atom stereocenters. The molecule has 0 heterocycles. The molecule has 120 valence electrons. The summed E-state index contributed by atoms with van der Waals surface area (Å²) in [7, 11) is 8.01. The molecule has 1 aromatic rings. The molecular formula is C17H31N3O. The molecule has 4 heteroatoms.